The van der Waals surface area contributed by atoms with Crippen LogP contribution in [0.5, 0.6) is 0 Å². The van der Waals surface area contributed by atoms with Crippen LogP contribution in [-0.2, 0) is 4.74 Å². The Hall–Kier alpha value is -1.33. The van der Waals surface area contributed by atoms with Crippen LogP contribution >= 0.6 is 11.6 Å². The molecule has 1 heterocycles. The summed E-state index contributed by atoms with van der Waals surface area (Å²) in [7, 11) is 1.69. The van der Waals surface area contributed by atoms with Crippen LogP contribution in [0.3, 0.4) is 0 Å². The number of anilines is 1. The molecule has 112 valence electrons. The van der Waals surface area contributed by atoms with Gasteiger partial charge in [0.2, 0.25) is 0 Å². The van der Waals surface area contributed by atoms with E-state index < -0.39 is 0 Å². The van der Waals surface area contributed by atoms with Gasteiger partial charge in [-0.05, 0) is 38.3 Å². The van der Waals surface area contributed by atoms with Crippen molar-refractivity contribution < 1.29 is 9.53 Å². The SMILES string of the molecule is CCNc1ccc(Cl)c(C(=O)NCCCCCOC)n1. The number of methoxy groups -OCH3 is 1. The van der Waals surface area contributed by atoms with E-state index in [0.717, 1.165) is 32.4 Å². The molecule has 0 radical (unpaired) electrons. The first kappa shape index (κ1) is 16.7. The molecule has 0 saturated heterocycles. The number of carbonyl (C=O) groups is 1. The fraction of sp³-hybridized carbons (Fsp3) is 0.571. The summed E-state index contributed by atoms with van der Waals surface area (Å²) in [5.74, 6) is 0.420. The normalized spacial score (nSPS) is 10.3. The van der Waals surface area contributed by atoms with Crippen LogP contribution in [0.1, 0.15) is 36.7 Å². The van der Waals surface area contributed by atoms with Crippen molar-refractivity contribution >= 4 is 23.3 Å². The zero-order valence-electron chi connectivity index (χ0n) is 12.0. The Morgan fingerprint density at radius 2 is 2.15 bits per heavy atom. The van der Waals surface area contributed by atoms with Crippen molar-refractivity contribution in [1.29, 1.82) is 0 Å². The summed E-state index contributed by atoms with van der Waals surface area (Å²) < 4.78 is 4.97. The molecular weight excluding hydrogens is 278 g/mol. The topological polar surface area (TPSA) is 63.2 Å². The molecule has 0 unspecified atom stereocenters. The Bertz CT molecular complexity index is 427. The fourth-order valence-corrected chi connectivity index (χ4v) is 1.91. The Labute approximate surface area is 125 Å². The fourth-order valence-electron chi connectivity index (χ4n) is 1.71. The molecule has 1 aromatic heterocycles. The van der Waals surface area contributed by atoms with Crippen LogP contribution in [-0.4, -0.2) is 37.7 Å². The monoisotopic (exact) mass is 299 g/mol. The number of rotatable bonds is 9. The molecule has 0 aliphatic rings. The van der Waals surface area contributed by atoms with Crippen molar-refractivity contribution in [2.45, 2.75) is 26.2 Å². The van der Waals surface area contributed by atoms with Gasteiger partial charge in [0, 0.05) is 26.8 Å². The van der Waals surface area contributed by atoms with Crippen LogP contribution in [0.4, 0.5) is 5.82 Å². The Morgan fingerprint density at radius 1 is 1.35 bits per heavy atom. The summed E-state index contributed by atoms with van der Waals surface area (Å²) in [6.07, 6.45) is 2.94. The number of halogens is 1. The molecular formula is C14H22ClN3O2. The quantitative estimate of drug-likeness (QED) is 0.688. The van der Waals surface area contributed by atoms with Gasteiger partial charge in [0.15, 0.2) is 0 Å². The second-order valence-electron chi connectivity index (χ2n) is 4.37. The molecule has 1 aromatic rings. The van der Waals surface area contributed by atoms with E-state index in [1.54, 1.807) is 19.2 Å². The lowest BCUT2D eigenvalue weighted by atomic mass is 10.2. The van der Waals surface area contributed by atoms with E-state index in [1.165, 1.54) is 0 Å². The van der Waals surface area contributed by atoms with Crippen molar-refractivity contribution in [2.24, 2.45) is 0 Å². The molecule has 0 aliphatic heterocycles. The second kappa shape index (κ2) is 9.55. The van der Waals surface area contributed by atoms with E-state index in [0.29, 0.717) is 17.4 Å². The van der Waals surface area contributed by atoms with Gasteiger partial charge in [0.25, 0.3) is 5.91 Å². The number of aromatic nitrogens is 1. The Balaban J connectivity index is 2.44. The second-order valence-corrected chi connectivity index (χ2v) is 4.77. The first-order valence-electron chi connectivity index (χ1n) is 6.86. The predicted molar refractivity (Wildman–Crippen MR) is 81.5 cm³/mol. The van der Waals surface area contributed by atoms with Crippen LogP contribution < -0.4 is 10.6 Å². The van der Waals surface area contributed by atoms with E-state index >= 15 is 0 Å². The van der Waals surface area contributed by atoms with Crippen molar-refractivity contribution in [3.63, 3.8) is 0 Å². The lowest BCUT2D eigenvalue weighted by molar-refractivity contribution is 0.0948. The third-order valence-electron chi connectivity index (χ3n) is 2.73. The van der Waals surface area contributed by atoms with E-state index in [1.807, 2.05) is 6.92 Å². The van der Waals surface area contributed by atoms with Gasteiger partial charge in [-0.25, -0.2) is 4.98 Å². The summed E-state index contributed by atoms with van der Waals surface area (Å²) in [6.45, 7) is 4.09. The molecule has 5 nitrogen and oxygen atoms in total. The number of ether oxygens (including phenoxy) is 1. The van der Waals surface area contributed by atoms with E-state index in [9.17, 15) is 4.79 Å². The molecule has 0 aliphatic carbocycles. The predicted octanol–water partition coefficient (Wildman–Crippen LogP) is 2.71. The molecule has 1 amide bonds. The smallest absolute Gasteiger partial charge is 0.271 e. The molecule has 6 heteroatoms. The maximum Gasteiger partial charge on any atom is 0.271 e. The summed E-state index contributed by atoms with van der Waals surface area (Å²) in [5, 5.41) is 6.25. The number of carbonyl (C=O) groups excluding carboxylic acids is 1. The van der Waals surface area contributed by atoms with Crippen molar-refractivity contribution in [2.75, 3.05) is 32.1 Å². The van der Waals surface area contributed by atoms with Gasteiger partial charge in [-0.15, -0.1) is 0 Å². The maximum atomic E-state index is 12.0. The highest BCUT2D eigenvalue weighted by Gasteiger charge is 2.12. The van der Waals surface area contributed by atoms with Crippen molar-refractivity contribution in [1.82, 2.24) is 10.3 Å². The standard InChI is InChI=1S/C14H22ClN3O2/c1-3-16-12-8-7-11(15)13(18-12)14(19)17-9-5-4-6-10-20-2/h7-8H,3-6,9-10H2,1-2H3,(H,16,18)(H,17,19). The molecule has 20 heavy (non-hydrogen) atoms. The zero-order chi connectivity index (χ0) is 14.8. The molecule has 0 aromatic carbocycles. The van der Waals surface area contributed by atoms with Gasteiger partial charge >= 0.3 is 0 Å². The number of nitrogens with one attached hydrogen (secondary N) is 2. The van der Waals surface area contributed by atoms with Gasteiger partial charge in [0.1, 0.15) is 11.5 Å². The minimum absolute atomic E-state index is 0.235. The zero-order valence-corrected chi connectivity index (χ0v) is 12.8. The van der Waals surface area contributed by atoms with Crippen LogP contribution in [0.2, 0.25) is 5.02 Å². The number of nitrogens with zero attached hydrogens (tertiary/aromatic N) is 1. The van der Waals surface area contributed by atoms with Crippen LogP contribution in [0, 0.1) is 0 Å². The summed E-state index contributed by atoms with van der Waals surface area (Å²) in [6, 6.07) is 3.44. The lowest BCUT2D eigenvalue weighted by Gasteiger charge is -2.08. The first-order chi connectivity index (χ1) is 9.69. The third kappa shape index (κ3) is 5.75. The van der Waals surface area contributed by atoms with Crippen LogP contribution in [0.25, 0.3) is 0 Å². The average Bonchev–Trinajstić information content (AvgIpc) is 2.45. The maximum absolute atomic E-state index is 12.0. The molecule has 0 bridgehead atoms. The summed E-state index contributed by atoms with van der Waals surface area (Å²) in [5.41, 5.74) is 0.266. The number of unbranched alkanes of at least 4 members (excludes halogenated alkanes) is 2. The molecule has 0 spiro atoms. The molecule has 0 fully saturated rings. The van der Waals surface area contributed by atoms with Gasteiger partial charge < -0.3 is 15.4 Å². The Morgan fingerprint density at radius 3 is 2.85 bits per heavy atom. The number of amides is 1. The van der Waals surface area contributed by atoms with Crippen LogP contribution in [0.15, 0.2) is 12.1 Å². The minimum atomic E-state index is -0.235. The van der Waals surface area contributed by atoms with E-state index in [4.69, 9.17) is 16.3 Å². The molecule has 0 atom stereocenters. The molecule has 1 rings (SSSR count). The summed E-state index contributed by atoms with van der Waals surface area (Å²) in [4.78, 5) is 16.2. The number of hydrogen-bond acceptors (Lipinski definition) is 4. The lowest BCUT2D eigenvalue weighted by Crippen LogP contribution is -2.26. The molecule has 0 saturated carbocycles. The van der Waals surface area contributed by atoms with Gasteiger partial charge in [0.05, 0.1) is 5.02 Å². The highest BCUT2D eigenvalue weighted by atomic mass is 35.5. The van der Waals surface area contributed by atoms with Gasteiger partial charge in [-0.1, -0.05) is 11.6 Å². The third-order valence-corrected chi connectivity index (χ3v) is 3.03. The van der Waals surface area contributed by atoms with Gasteiger partial charge in [-0.2, -0.15) is 0 Å². The average molecular weight is 300 g/mol. The minimum Gasteiger partial charge on any atom is -0.385 e. The highest BCUT2D eigenvalue weighted by Crippen LogP contribution is 2.16. The van der Waals surface area contributed by atoms with Gasteiger partial charge in [-0.3, -0.25) is 4.79 Å². The summed E-state index contributed by atoms with van der Waals surface area (Å²) >= 11 is 6.00. The van der Waals surface area contributed by atoms with Crippen molar-refractivity contribution in [3.05, 3.63) is 22.8 Å². The largest absolute Gasteiger partial charge is 0.385 e. The first-order valence-corrected chi connectivity index (χ1v) is 7.24. The van der Waals surface area contributed by atoms with E-state index in [-0.39, 0.29) is 11.6 Å². The number of hydrogen-bond donors (Lipinski definition) is 2. The molecule has 2 N–H and O–H groups in total. The highest BCUT2D eigenvalue weighted by molar-refractivity contribution is 6.33. The van der Waals surface area contributed by atoms with E-state index in [2.05, 4.69) is 15.6 Å². The van der Waals surface area contributed by atoms with Crippen molar-refractivity contribution in [3.8, 4) is 0 Å². The Kier molecular flexibility index (Phi) is 7.99. The number of pyridine rings is 1.